The van der Waals surface area contributed by atoms with Crippen LogP contribution >= 0.6 is 0 Å². The molecular formula is C17H23N5O4. The van der Waals surface area contributed by atoms with E-state index in [1.165, 1.54) is 0 Å². The van der Waals surface area contributed by atoms with Crippen molar-refractivity contribution < 1.29 is 19.2 Å². The molecule has 2 aromatic rings. The van der Waals surface area contributed by atoms with Crippen LogP contribution in [0.15, 0.2) is 22.9 Å². The van der Waals surface area contributed by atoms with E-state index in [1.54, 1.807) is 13.1 Å². The number of piperidine rings is 1. The molecular weight excluding hydrogens is 338 g/mol. The Morgan fingerprint density at radius 3 is 2.96 bits per heavy atom. The fraction of sp³-hybridized carbons (Fsp3) is 0.529. The van der Waals surface area contributed by atoms with E-state index in [-0.39, 0.29) is 18.6 Å². The third-order valence-corrected chi connectivity index (χ3v) is 4.08. The minimum absolute atomic E-state index is 0.0274. The number of aliphatic hydroxyl groups excluding tert-OH is 1. The molecule has 1 fully saturated rings. The molecule has 1 aliphatic heterocycles. The number of nitrogens with zero attached hydrogens (tertiary/aromatic N) is 4. The lowest BCUT2D eigenvalue weighted by molar-refractivity contribution is -0.126. The minimum atomic E-state index is -0.541. The molecule has 0 radical (unpaired) electrons. The third-order valence-electron chi connectivity index (χ3n) is 4.08. The lowest BCUT2D eigenvalue weighted by atomic mass is 10.0. The molecule has 0 unspecified atom stereocenters. The Balaban J connectivity index is 1.65. The minimum Gasteiger partial charge on any atom is -0.391 e. The van der Waals surface area contributed by atoms with Crippen LogP contribution in [0.1, 0.15) is 19.2 Å². The number of aromatic nitrogens is 3. The predicted molar refractivity (Wildman–Crippen MR) is 93.5 cm³/mol. The van der Waals surface area contributed by atoms with Gasteiger partial charge in [0.25, 0.3) is 5.89 Å². The number of ether oxygens (including phenoxy) is 1. The van der Waals surface area contributed by atoms with Gasteiger partial charge >= 0.3 is 0 Å². The van der Waals surface area contributed by atoms with Crippen molar-refractivity contribution in [3.63, 3.8) is 0 Å². The van der Waals surface area contributed by atoms with Crippen molar-refractivity contribution in [2.75, 3.05) is 31.2 Å². The second-order valence-corrected chi connectivity index (χ2v) is 6.25. The van der Waals surface area contributed by atoms with Crippen LogP contribution in [0.5, 0.6) is 0 Å². The maximum Gasteiger partial charge on any atom is 0.259 e. The maximum atomic E-state index is 11.8. The number of rotatable bonds is 6. The summed E-state index contributed by atoms with van der Waals surface area (Å²) in [5, 5.41) is 16.8. The number of anilines is 1. The Hall–Kier alpha value is -2.52. The van der Waals surface area contributed by atoms with Crippen LogP contribution in [0.4, 0.5) is 5.82 Å². The topological polar surface area (TPSA) is 114 Å². The first-order chi connectivity index (χ1) is 12.5. The average Bonchev–Trinajstić information content (AvgIpc) is 3.06. The second-order valence-electron chi connectivity index (χ2n) is 6.25. The van der Waals surface area contributed by atoms with Gasteiger partial charge in [0, 0.05) is 31.9 Å². The van der Waals surface area contributed by atoms with Crippen LogP contribution in [0.3, 0.4) is 0 Å². The van der Waals surface area contributed by atoms with Crippen LogP contribution < -0.4 is 10.2 Å². The highest BCUT2D eigenvalue weighted by atomic mass is 16.5. The van der Waals surface area contributed by atoms with Gasteiger partial charge in [0.1, 0.15) is 12.4 Å². The molecule has 1 amide bonds. The van der Waals surface area contributed by atoms with Crippen LogP contribution in [0, 0.1) is 6.92 Å². The first-order valence-corrected chi connectivity index (χ1v) is 8.62. The Morgan fingerprint density at radius 2 is 2.31 bits per heavy atom. The van der Waals surface area contributed by atoms with Gasteiger partial charge in [0.2, 0.25) is 5.91 Å². The summed E-state index contributed by atoms with van der Waals surface area (Å²) in [7, 11) is 0. The maximum absolute atomic E-state index is 11.8. The van der Waals surface area contributed by atoms with E-state index in [1.807, 2.05) is 24.0 Å². The number of β-amino-alcohol motifs (C(OH)–C–C–N with tert-alkyl or cyclic N) is 1. The number of nitrogens with one attached hydrogen (secondary N) is 1. The SMILES string of the molecule is CCOCC(=O)N[C@H]1C[C@@H](O)CN(c2ccc(-c3nc(C)no3)cn2)C1. The number of hydrogen-bond acceptors (Lipinski definition) is 8. The van der Waals surface area contributed by atoms with E-state index < -0.39 is 6.10 Å². The van der Waals surface area contributed by atoms with Crippen molar-refractivity contribution >= 4 is 11.7 Å². The molecule has 26 heavy (non-hydrogen) atoms. The first kappa shape index (κ1) is 18.3. The van der Waals surface area contributed by atoms with Crippen molar-refractivity contribution in [2.24, 2.45) is 0 Å². The van der Waals surface area contributed by atoms with E-state index in [4.69, 9.17) is 9.26 Å². The van der Waals surface area contributed by atoms with Crippen LogP contribution in [-0.4, -0.2) is 64.6 Å². The van der Waals surface area contributed by atoms with Crippen molar-refractivity contribution in [3.8, 4) is 11.5 Å². The molecule has 2 atom stereocenters. The van der Waals surface area contributed by atoms with E-state index in [0.717, 1.165) is 5.56 Å². The lowest BCUT2D eigenvalue weighted by Gasteiger charge is -2.36. The summed E-state index contributed by atoms with van der Waals surface area (Å²) >= 11 is 0. The molecule has 0 spiro atoms. The number of carbonyl (C=O) groups is 1. The summed E-state index contributed by atoms with van der Waals surface area (Å²) in [6, 6.07) is 3.53. The number of aryl methyl sites for hydroxylation is 1. The fourth-order valence-corrected chi connectivity index (χ4v) is 2.94. The number of aliphatic hydroxyl groups is 1. The largest absolute Gasteiger partial charge is 0.391 e. The summed E-state index contributed by atoms with van der Waals surface area (Å²) in [4.78, 5) is 22.4. The molecule has 1 saturated heterocycles. The quantitative estimate of drug-likeness (QED) is 0.766. The molecule has 0 saturated carbocycles. The lowest BCUT2D eigenvalue weighted by Crippen LogP contribution is -2.53. The monoisotopic (exact) mass is 361 g/mol. The first-order valence-electron chi connectivity index (χ1n) is 8.62. The smallest absolute Gasteiger partial charge is 0.259 e. The average molecular weight is 361 g/mol. The molecule has 140 valence electrons. The summed E-state index contributed by atoms with van der Waals surface area (Å²) in [6.07, 6.45) is 1.63. The molecule has 0 aliphatic carbocycles. The predicted octanol–water partition coefficient (Wildman–Crippen LogP) is 0.532. The number of hydrogen-bond donors (Lipinski definition) is 2. The van der Waals surface area contributed by atoms with Crippen molar-refractivity contribution in [1.29, 1.82) is 0 Å². The van der Waals surface area contributed by atoms with Crippen molar-refractivity contribution in [2.45, 2.75) is 32.4 Å². The molecule has 1 aliphatic rings. The van der Waals surface area contributed by atoms with Crippen LogP contribution in [0.25, 0.3) is 11.5 Å². The summed E-state index contributed by atoms with van der Waals surface area (Å²) in [5.41, 5.74) is 0.730. The van der Waals surface area contributed by atoms with Gasteiger partial charge in [-0.1, -0.05) is 5.16 Å². The molecule has 2 N–H and O–H groups in total. The van der Waals surface area contributed by atoms with Crippen LogP contribution in [-0.2, 0) is 9.53 Å². The Kier molecular flexibility index (Phi) is 5.79. The highest BCUT2D eigenvalue weighted by Crippen LogP contribution is 2.22. The molecule has 9 heteroatoms. The van der Waals surface area contributed by atoms with Gasteiger partial charge in [-0.2, -0.15) is 4.98 Å². The zero-order chi connectivity index (χ0) is 18.5. The third kappa shape index (κ3) is 4.55. The van der Waals surface area contributed by atoms with Gasteiger partial charge in [-0.15, -0.1) is 0 Å². The summed E-state index contributed by atoms with van der Waals surface area (Å²) < 4.78 is 10.2. The Morgan fingerprint density at radius 1 is 1.46 bits per heavy atom. The molecule has 3 heterocycles. The van der Waals surface area contributed by atoms with E-state index in [2.05, 4.69) is 20.4 Å². The Bertz CT molecular complexity index is 733. The zero-order valence-corrected chi connectivity index (χ0v) is 14.9. The summed E-state index contributed by atoms with van der Waals surface area (Å²) in [6.45, 7) is 5.14. The molecule has 9 nitrogen and oxygen atoms in total. The highest BCUT2D eigenvalue weighted by Gasteiger charge is 2.28. The van der Waals surface area contributed by atoms with Gasteiger partial charge in [0.15, 0.2) is 5.82 Å². The van der Waals surface area contributed by atoms with Crippen molar-refractivity contribution in [3.05, 3.63) is 24.2 Å². The number of amides is 1. The zero-order valence-electron chi connectivity index (χ0n) is 14.9. The van der Waals surface area contributed by atoms with Gasteiger partial charge in [0.05, 0.1) is 11.7 Å². The van der Waals surface area contributed by atoms with Crippen molar-refractivity contribution in [1.82, 2.24) is 20.4 Å². The molecule has 2 aromatic heterocycles. The Labute approximate surface area is 151 Å². The van der Waals surface area contributed by atoms with E-state index in [0.29, 0.717) is 43.7 Å². The van der Waals surface area contributed by atoms with Gasteiger partial charge < -0.3 is 24.6 Å². The second kappa shape index (κ2) is 8.24. The van der Waals surface area contributed by atoms with Gasteiger partial charge in [-0.25, -0.2) is 4.98 Å². The summed E-state index contributed by atoms with van der Waals surface area (Å²) in [5.74, 6) is 1.52. The highest BCUT2D eigenvalue weighted by molar-refractivity contribution is 5.77. The standard InChI is InChI=1S/C17H23N5O4/c1-3-25-10-16(24)20-13-6-14(23)9-22(8-13)15-5-4-12(7-18-15)17-19-11(2)21-26-17/h4-5,7,13-14,23H,3,6,8-10H2,1-2H3,(H,20,24)/t13-,14+/m0/s1. The molecule has 0 bridgehead atoms. The number of pyridine rings is 1. The number of carbonyl (C=O) groups excluding carboxylic acids is 1. The van der Waals surface area contributed by atoms with Crippen LogP contribution in [0.2, 0.25) is 0 Å². The van der Waals surface area contributed by atoms with Gasteiger partial charge in [-0.05, 0) is 32.4 Å². The molecule has 3 rings (SSSR count). The van der Waals surface area contributed by atoms with E-state index in [9.17, 15) is 9.90 Å². The normalized spacial score (nSPS) is 20.2. The van der Waals surface area contributed by atoms with E-state index >= 15 is 0 Å². The fourth-order valence-electron chi connectivity index (χ4n) is 2.94. The van der Waals surface area contributed by atoms with Gasteiger partial charge in [-0.3, -0.25) is 4.79 Å². The molecule has 0 aromatic carbocycles.